The van der Waals surface area contributed by atoms with Gasteiger partial charge < -0.3 is 18.5 Å². The number of carbonyl (C=O) groups excluding carboxylic acids is 2. The van der Waals surface area contributed by atoms with Gasteiger partial charge in [0.25, 0.3) is 0 Å². The predicted molar refractivity (Wildman–Crippen MR) is 116 cm³/mol. The van der Waals surface area contributed by atoms with Crippen molar-refractivity contribution in [2.75, 3.05) is 20.3 Å². The van der Waals surface area contributed by atoms with E-state index in [1.165, 1.54) is 0 Å². The lowest BCUT2D eigenvalue weighted by atomic mass is 10.1. The molecule has 1 aromatic carbocycles. The van der Waals surface area contributed by atoms with Crippen molar-refractivity contribution in [3.8, 4) is 11.3 Å². The van der Waals surface area contributed by atoms with Gasteiger partial charge in [-0.2, -0.15) is 0 Å². The number of ketones is 1. The van der Waals surface area contributed by atoms with E-state index < -0.39 is 5.97 Å². The van der Waals surface area contributed by atoms with Crippen molar-refractivity contribution < 1.29 is 23.5 Å². The Hall–Kier alpha value is -3.19. The molecule has 7 nitrogen and oxygen atoms in total. The molecule has 2 aromatic heterocycles. The zero-order valence-corrected chi connectivity index (χ0v) is 18.4. The minimum absolute atomic E-state index is 0.0913. The topological polar surface area (TPSA) is 83.6 Å². The maximum Gasteiger partial charge on any atom is 0.306 e. The first-order valence-electron chi connectivity index (χ1n) is 10.2. The van der Waals surface area contributed by atoms with E-state index in [4.69, 9.17) is 13.9 Å². The van der Waals surface area contributed by atoms with E-state index in [9.17, 15) is 9.59 Å². The number of benzene rings is 1. The van der Waals surface area contributed by atoms with Gasteiger partial charge in [0.15, 0.2) is 18.3 Å². The van der Waals surface area contributed by atoms with Gasteiger partial charge in [0, 0.05) is 42.6 Å². The molecular weight excluding hydrogens is 396 g/mol. The Balaban J connectivity index is 1.49. The van der Waals surface area contributed by atoms with Crippen LogP contribution in [0.5, 0.6) is 0 Å². The van der Waals surface area contributed by atoms with Gasteiger partial charge in [0.1, 0.15) is 0 Å². The zero-order chi connectivity index (χ0) is 22.4. The predicted octanol–water partition coefficient (Wildman–Crippen LogP) is 4.07. The highest BCUT2D eigenvalue weighted by Crippen LogP contribution is 2.21. The molecule has 0 bridgehead atoms. The Bertz CT molecular complexity index is 1050. The van der Waals surface area contributed by atoms with Gasteiger partial charge >= 0.3 is 5.97 Å². The first kappa shape index (κ1) is 22.5. The maximum atomic E-state index is 12.5. The summed E-state index contributed by atoms with van der Waals surface area (Å²) in [4.78, 5) is 28.8. The fourth-order valence-corrected chi connectivity index (χ4v) is 3.39. The lowest BCUT2D eigenvalue weighted by molar-refractivity contribution is -0.142. The molecule has 0 N–H and O–H groups in total. The van der Waals surface area contributed by atoms with Gasteiger partial charge in [0.2, 0.25) is 5.78 Å². The number of methoxy groups -OCH3 is 1. The molecular formula is C24H28N2O5. The van der Waals surface area contributed by atoms with Crippen molar-refractivity contribution in [1.29, 1.82) is 0 Å². The minimum atomic E-state index is -0.461. The Kier molecular flexibility index (Phi) is 7.41. The van der Waals surface area contributed by atoms with E-state index in [-0.39, 0.29) is 18.8 Å². The number of rotatable bonds is 10. The van der Waals surface area contributed by atoms with Crippen LogP contribution in [-0.2, 0) is 27.2 Å². The summed E-state index contributed by atoms with van der Waals surface area (Å²) in [5.41, 5.74) is 4.48. The van der Waals surface area contributed by atoms with Crippen LogP contribution in [0.1, 0.15) is 39.6 Å². The number of aryl methyl sites for hydroxylation is 3. The Morgan fingerprint density at radius 2 is 1.87 bits per heavy atom. The normalized spacial score (nSPS) is 11.0. The van der Waals surface area contributed by atoms with Gasteiger partial charge in [-0.15, -0.1) is 0 Å². The molecule has 0 aliphatic carbocycles. The number of carbonyl (C=O) groups is 2. The summed E-state index contributed by atoms with van der Waals surface area (Å²) in [5.74, 6) is 0.433. The Morgan fingerprint density at radius 3 is 2.58 bits per heavy atom. The number of aromatic nitrogens is 2. The molecule has 0 fully saturated rings. The maximum absolute atomic E-state index is 12.5. The van der Waals surface area contributed by atoms with Crippen LogP contribution in [0.25, 0.3) is 11.3 Å². The molecule has 0 spiro atoms. The molecule has 0 unspecified atom stereocenters. The summed E-state index contributed by atoms with van der Waals surface area (Å²) in [6.07, 6.45) is 2.05. The smallest absolute Gasteiger partial charge is 0.306 e. The lowest BCUT2D eigenvalue weighted by Gasteiger charge is -2.09. The summed E-state index contributed by atoms with van der Waals surface area (Å²) >= 11 is 0. The summed E-state index contributed by atoms with van der Waals surface area (Å²) in [5, 5.41) is 0. The highest BCUT2D eigenvalue weighted by atomic mass is 16.5. The second-order valence-electron chi connectivity index (χ2n) is 7.50. The van der Waals surface area contributed by atoms with Crippen LogP contribution in [0.2, 0.25) is 0 Å². The SMILES string of the molecule is COCCn1c(C)cc(C(=O)COC(=O)CCc2ncc(-c3ccc(C)cc3)o2)c1C. The standard InChI is InChI=1S/C24H28N2O5/c1-16-5-7-19(8-6-16)22-14-25-23(31-22)9-10-24(28)30-15-21(27)20-13-17(2)26(18(20)3)11-12-29-4/h5-8,13-14H,9-12,15H2,1-4H3. The van der Waals surface area contributed by atoms with Crippen molar-refractivity contribution in [2.24, 2.45) is 0 Å². The van der Waals surface area contributed by atoms with Crippen molar-refractivity contribution in [3.05, 3.63) is 64.9 Å². The summed E-state index contributed by atoms with van der Waals surface area (Å²) in [6, 6.07) is 9.75. The third kappa shape index (κ3) is 5.70. The number of hydrogen-bond donors (Lipinski definition) is 0. The molecule has 0 saturated heterocycles. The van der Waals surface area contributed by atoms with Crippen molar-refractivity contribution in [1.82, 2.24) is 9.55 Å². The van der Waals surface area contributed by atoms with Crippen molar-refractivity contribution in [3.63, 3.8) is 0 Å². The largest absolute Gasteiger partial charge is 0.457 e. The number of nitrogens with zero attached hydrogens (tertiary/aromatic N) is 2. The highest BCUT2D eigenvalue weighted by Gasteiger charge is 2.18. The summed E-state index contributed by atoms with van der Waals surface area (Å²) in [6.45, 7) is 6.78. The van der Waals surface area contributed by atoms with E-state index >= 15 is 0 Å². The first-order valence-corrected chi connectivity index (χ1v) is 10.2. The average molecular weight is 424 g/mol. The molecule has 3 aromatic rings. The molecule has 31 heavy (non-hydrogen) atoms. The van der Waals surface area contributed by atoms with Gasteiger partial charge in [-0.3, -0.25) is 9.59 Å². The molecule has 0 radical (unpaired) electrons. The molecule has 0 amide bonds. The molecule has 3 rings (SSSR count). The number of hydrogen-bond acceptors (Lipinski definition) is 6. The second-order valence-corrected chi connectivity index (χ2v) is 7.50. The van der Waals surface area contributed by atoms with Crippen molar-refractivity contribution >= 4 is 11.8 Å². The van der Waals surface area contributed by atoms with Crippen molar-refractivity contribution in [2.45, 2.75) is 40.2 Å². The molecule has 0 atom stereocenters. The Labute approximate surface area is 182 Å². The van der Waals surface area contributed by atoms with Crippen LogP contribution in [0, 0.1) is 20.8 Å². The monoisotopic (exact) mass is 424 g/mol. The zero-order valence-electron chi connectivity index (χ0n) is 18.4. The molecule has 0 aliphatic heterocycles. The number of oxazole rings is 1. The van der Waals surface area contributed by atoms with Crippen LogP contribution >= 0.6 is 0 Å². The van der Waals surface area contributed by atoms with Gasteiger partial charge in [-0.25, -0.2) is 4.98 Å². The lowest BCUT2D eigenvalue weighted by Crippen LogP contribution is -2.15. The quantitative estimate of drug-likeness (QED) is 0.360. The summed E-state index contributed by atoms with van der Waals surface area (Å²) in [7, 11) is 1.64. The Morgan fingerprint density at radius 1 is 1.13 bits per heavy atom. The van der Waals surface area contributed by atoms with Gasteiger partial charge in [-0.1, -0.05) is 29.8 Å². The van der Waals surface area contributed by atoms with E-state index in [0.29, 0.717) is 36.8 Å². The fourth-order valence-electron chi connectivity index (χ4n) is 3.39. The molecule has 0 saturated carbocycles. The van der Waals surface area contributed by atoms with Gasteiger partial charge in [-0.05, 0) is 26.8 Å². The molecule has 0 aliphatic rings. The summed E-state index contributed by atoms with van der Waals surface area (Å²) < 4.78 is 18.0. The number of Topliss-reactive ketones (excluding diaryl/α,β-unsaturated/α-hetero) is 1. The first-order chi connectivity index (χ1) is 14.9. The minimum Gasteiger partial charge on any atom is -0.457 e. The van der Waals surface area contributed by atoms with E-state index in [1.807, 2.05) is 55.7 Å². The number of ether oxygens (including phenoxy) is 2. The van der Waals surface area contributed by atoms with E-state index in [1.54, 1.807) is 13.3 Å². The van der Waals surface area contributed by atoms with Crippen LogP contribution < -0.4 is 0 Å². The van der Waals surface area contributed by atoms with E-state index in [2.05, 4.69) is 4.98 Å². The number of esters is 1. The van der Waals surface area contributed by atoms with Crippen LogP contribution in [-0.4, -0.2) is 41.6 Å². The highest BCUT2D eigenvalue weighted by molar-refractivity contribution is 5.99. The third-order valence-electron chi connectivity index (χ3n) is 5.19. The second kappa shape index (κ2) is 10.2. The van der Waals surface area contributed by atoms with Crippen LogP contribution in [0.3, 0.4) is 0 Å². The van der Waals surface area contributed by atoms with E-state index in [0.717, 1.165) is 22.5 Å². The molecule has 164 valence electrons. The van der Waals surface area contributed by atoms with Gasteiger partial charge in [0.05, 0.1) is 19.2 Å². The third-order valence-corrected chi connectivity index (χ3v) is 5.19. The van der Waals surface area contributed by atoms with Crippen LogP contribution in [0.4, 0.5) is 0 Å². The van der Waals surface area contributed by atoms with Crippen LogP contribution in [0.15, 0.2) is 40.9 Å². The average Bonchev–Trinajstić information content (AvgIpc) is 3.34. The molecule has 2 heterocycles. The molecule has 7 heteroatoms. The fraction of sp³-hybridized carbons (Fsp3) is 0.375.